The number of methoxy groups -OCH3 is 1. The summed E-state index contributed by atoms with van der Waals surface area (Å²) < 4.78 is 11.0. The molecule has 1 aliphatic rings. The molecule has 1 heterocycles. The predicted octanol–water partition coefficient (Wildman–Crippen LogP) is 3.20. The second-order valence-electron chi connectivity index (χ2n) is 7.09. The van der Waals surface area contributed by atoms with Crippen molar-refractivity contribution in [1.82, 2.24) is 9.80 Å². The first-order valence-electron chi connectivity index (χ1n) is 9.41. The lowest BCUT2D eigenvalue weighted by molar-refractivity contribution is -0.138. The molecule has 1 saturated heterocycles. The van der Waals surface area contributed by atoms with Crippen LogP contribution in [0.1, 0.15) is 19.4 Å². The van der Waals surface area contributed by atoms with E-state index in [1.165, 1.54) is 5.56 Å². The van der Waals surface area contributed by atoms with Crippen molar-refractivity contribution in [2.75, 3.05) is 26.8 Å². The highest BCUT2D eigenvalue weighted by atomic mass is 16.5. The number of nitrogens with zero attached hydrogens (tertiary/aromatic N) is 2. The Morgan fingerprint density at radius 2 is 1.56 bits per heavy atom. The molecule has 0 aromatic heterocycles. The maximum atomic E-state index is 12.7. The fourth-order valence-corrected chi connectivity index (χ4v) is 3.63. The molecule has 0 spiro atoms. The number of carbonyl (C=O) groups is 1. The van der Waals surface area contributed by atoms with E-state index in [1.807, 2.05) is 35.2 Å². The molecule has 2 unspecified atom stereocenters. The largest absolute Gasteiger partial charge is 0.493 e. The minimum atomic E-state index is 0.0129. The van der Waals surface area contributed by atoms with E-state index in [0.717, 1.165) is 6.54 Å². The van der Waals surface area contributed by atoms with Gasteiger partial charge in [0.05, 0.1) is 7.11 Å². The summed E-state index contributed by atoms with van der Waals surface area (Å²) in [6, 6.07) is 18.5. The van der Waals surface area contributed by atoms with E-state index in [1.54, 1.807) is 7.11 Å². The minimum Gasteiger partial charge on any atom is -0.493 e. The molecular formula is C22H28N2O3. The average Bonchev–Trinajstić information content (AvgIpc) is 2.69. The van der Waals surface area contributed by atoms with E-state index >= 15 is 0 Å². The first-order valence-corrected chi connectivity index (χ1v) is 9.41. The predicted molar refractivity (Wildman–Crippen MR) is 106 cm³/mol. The van der Waals surface area contributed by atoms with E-state index < -0.39 is 0 Å². The van der Waals surface area contributed by atoms with Crippen molar-refractivity contribution < 1.29 is 14.3 Å². The highest BCUT2D eigenvalue weighted by molar-refractivity contribution is 5.78. The molecule has 5 heteroatoms. The first kappa shape index (κ1) is 19.2. The maximum absolute atomic E-state index is 12.7. The fraction of sp³-hybridized carbons (Fsp3) is 0.409. The van der Waals surface area contributed by atoms with Crippen LogP contribution in [-0.2, 0) is 11.3 Å². The lowest BCUT2D eigenvalue weighted by Gasteiger charge is -2.44. The molecule has 0 radical (unpaired) electrons. The standard InChI is InChI=1S/C22H28N2O3/c1-17-13-23(14-18(2)24(17)15-19-9-5-4-6-10-19)22(25)16-27-21-12-8-7-11-20(21)26-3/h4-12,17-18H,13-16H2,1-3H3. The van der Waals surface area contributed by atoms with Gasteiger partial charge in [0.1, 0.15) is 0 Å². The van der Waals surface area contributed by atoms with Crippen molar-refractivity contribution >= 4 is 5.91 Å². The van der Waals surface area contributed by atoms with Crippen LogP contribution >= 0.6 is 0 Å². The number of carbonyl (C=O) groups excluding carboxylic acids is 1. The Morgan fingerprint density at radius 3 is 2.19 bits per heavy atom. The zero-order valence-corrected chi connectivity index (χ0v) is 16.3. The zero-order valence-electron chi connectivity index (χ0n) is 16.3. The topological polar surface area (TPSA) is 42.0 Å². The highest BCUT2D eigenvalue weighted by Gasteiger charge is 2.31. The molecule has 1 aliphatic heterocycles. The van der Waals surface area contributed by atoms with Crippen LogP contribution in [0.4, 0.5) is 0 Å². The molecule has 5 nitrogen and oxygen atoms in total. The number of hydrogen-bond donors (Lipinski definition) is 0. The van der Waals surface area contributed by atoms with Crippen LogP contribution in [0.5, 0.6) is 11.5 Å². The Hall–Kier alpha value is -2.53. The Balaban J connectivity index is 1.56. The Bertz CT molecular complexity index is 738. The van der Waals surface area contributed by atoms with Crippen LogP contribution in [0.25, 0.3) is 0 Å². The Morgan fingerprint density at radius 1 is 0.963 bits per heavy atom. The molecular weight excluding hydrogens is 340 g/mol. The van der Waals surface area contributed by atoms with Crippen LogP contribution < -0.4 is 9.47 Å². The molecule has 3 rings (SSSR count). The number of benzene rings is 2. The van der Waals surface area contributed by atoms with Gasteiger partial charge in [-0.15, -0.1) is 0 Å². The molecule has 144 valence electrons. The molecule has 1 fully saturated rings. The van der Waals surface area contributed by atoms with Crippen molar-refractivity contribution in [3.8, 4) is 11.5 Å². The van der Waals surface area contributed by atoms with Crippen LogP contribution in [0.3, 0.4) is 0 Å². The zero-order chi connectivity index (χ0) is 19.2. The van der Waals surface area contributed by atoms with Crippen LogP contribution in [0, 0.1) is 0 Å². The quantitative estimate of drug-likeness (QED) is 0.785. The van der Waals surface area contributed by atoms with Crippen molar-refractivity contribution in [1.29, 1.82) is 0 Å². The van der Waals surface area contributed by atoms with Crippen molar-refractivity contribution in [3.63, 3.8) is 0 Å². The summed E-state index contributed by atoms with van der Waals surface area (Å²) in [5.74, 6) is 1.25. The maximum Gasteiger partial charge on any atom is 0.260 e. The summed E-state index contributed by atoms with van der Waals surface area (Å²) in [5.41, 5.74) is 1.30. The smallest absolute Gasteiger partial charge is 0.260 e. The van der Waals surface area contributed by atoms with E-state index in [9.17, 15) is 4.79 Å². The lowest BCUT2D eigenvalue weighted by atomic mass is 10.1. The molecule has 2 aromatic carbocycles. The van der Waals surface area contributed by atoms with E-state index in [4.69, 9.17) is 9.47 Å². The summed E-state index contributed by atoms with van der Waals surface area (Å²) in [5, 5.41) is 0. The number of ether oxygens (including phenoxy) is 2. The molecule has 27 heavy (non-hydrogen) atoms. The van der Waals surface area contributed by atoms with E-state index in [2.05, 4.69) is 43.0 Å². The molecule has 2 atom stereocenters. The van der Waals surface area contributed by atoms with Gasteiger partial charge in [0.25, 0.3) is 5.91 Å². The van der Waals surface area contributed by atoms with E-state index in [0.29, 0.717) is 36.7 Å². The summed E-state index contributed by atoms with van der Waals surface area (Å²) >= 11 is 0. The highest BCUT2D eigenvalue weighted by Crippen LogP contribution is 2.26. The molecule has 1 amide bonds. The van der Waals surface area contributed by atoms with Gasteiger partial charge < -0.3 is 14.4 Å². The summed E-state index contributed by atoms with van der Waals surface area (Å²) in [7, 11) is 1.60. The molecule has 0 N–H and O–H groups in total. The summed E-state index contributed by atoms with van der Waals surface area (Å²) in [4.78, 5) is 17.0. The first-order chi connectivity index (χ1) is 13.1. The second-order valence-corrected chi connectivity index (χ2v) is 7.09. The van der Waals surface area contributed by atoms with Crippen molar-refractivity contribution in [2.45, 2.75) is 32.5 Å². The minimum absolute atomic E-state index is 0.0129. The van der Waals surface area contributed by atoms with Gasteiger partial charge in [-0.1, -0.05) is 42.5 Å². The van der Waals surface area contributed by atoms with Crippen LogP contribution in [0.15, 0.2) is 54.6 Å². The summed E-state index contributed by atoms with van der Waals surface area (Å²) in [6.45, 7) is 6.72. The second kappa shape index (κ2) is 8.91. The average molecular weight is 368 g/mol. The van der Waals surface area contributed by atoms with Gasteiger partial charge in [0.2, 0.25) is 0 Å². The number of rotatable bonds is 6. The lowest BCUT2D eigenvalue weighted by Crippen LogP contribution is -2.58. The van der Waals surface area contributed by atoms with Gasteiger partial charge in [-0.25, -0.2) is 0 Å². The third kappa shape index (κ3) is 4.80. The fourth-order valence-electron chi connectivity index (χ4n) is 3.63. The van der Waals surface area contributed by atoms with Gasteiger partial charge in [-0.3, -0.25) is 9.69 Å². The van der Waals surface area contributed by atoms with Crippen LogP contribution in [-0.4, -0.2) is 54.6 Å². The summed E-state index contributed by atoms with van der Waals surface area (Å²) in [6.07, 6.45) is 0. The monoisotopic (exact) mass is 368 g/mol. The van der Waals surface area contributed by atoms with Crippen molar-refractivity contribution in [2.24, 2.45) is 0 Å². The number of para-hydroxylation sites is 2. The van der Waals surface area contributed by atoms with Gasteiger partial charge >= 0.3 is 0 Å². The van der Waals surface area contributed by atoms with Crippen LogP contribution in [0.2, 0.25) is 0 Å². The molecule has 0 aliphatic carbocycles. The Labute approximate surface area is 161 Å². The van der Waals surface area contributed by atoms with Gasteiger partial charge in [0.15, 0.2) is 18.1 Å². The Kier molecular flexibility index (Phi) is 6.35. The molecule has 0 bridgehead atoms. The third-order valence-electron chi connectivity index (χ3n) is 5.08. The third-order valence-corrected chi connectivity index (χ3v) is 5.08. The number of piperazine rings is 1. The van der Waals surface area contributed by atoms with Gasteiger partial charge in [-0.2, -0.15) is 0 Å². The number of amides is 1. The van der Waals surface area contributed by atoms with E-state index in [-0.39, 0.29) is 12.5 Å². The number of hydrogen-bond acceptors (Lipinski definition) is 4. The van der Waals surface area contributed by atoms with Gasteiger partial charge in [-0.05, 0) is 31.5 Å². The SMILES string of the molecule is COc1ccccc1OCC(=O)N1CC(C)N(Cc2ccccc2)C(C)C1. The molecule has 2 aromatic rings. The van der Waals surface area contributed by atoms with Crippen molar-refractivity contribution in [3.05, 3.63) is 60.2 Å². The van der Waals surface area contributed by atoms with Gasteiger partial charge in [0, 0.05) is 31.7 Å². The molecule has 0 saturated carbocycles. The normalized spacial score (nSPS) is 20.3.